The van der Waals surface area contributed by atoms with Crippen LogP contribution in [-0.4, -0.2) is 41.1 Å². The summed E-state index contributed by atoms with van der Waals surface area (Å²) in [6, 6.07) is 16.3. The third-order valence-corrected chi connectivity index (χ3v) is 6.70. The van der Waals surface area contributed by atoms with Crippen molar-refractivity contribution in [3.63, 3.8) is 0 Å². The van der Waals surface area contributed by atoms with Crippen LogP contribution in [0.5, 0.6) is 0 Å². The SMILES string of the molecule is C[C@@H]1CCN(C(=O)CN2C(=O)N[C@@](C)(c3ccccc3)C2=O)c2ccccc2S1. The van der Waals surface area contributed by atoms with Gasteiger partial charge in [0.2, 0.25) is 5.91 Å². The number of benzene rings is 2. The zero-order valence-corrected chi connectivity index (χ0v) is 17.2. The Bertz CT molecular complexity index is 965. The zero-order chi connectivity index (χ0) is 20.6. The van der Waals surface area contributed by atoms with Crippen LogP contribution in [0.3, 0.4) is 0 Å². The van der Waals surface area contributed by atoms with Gasteiger partial charge >= 0.3 is 6.03 Å². The largest absolute Gasteiger partial charge is 0.325 e. The lowest BCUT2D eigenvalue weighted by atomic mass is 9.92. The Balaban J connectivity index is 1.57. The number of urea groups is 1. The normalized spacial score (nSPS) is 24.1. The minimum Gasteiger partial charge on any atom is -0.319 e. The highest BCUT2D eigenvalue weighted by Gasteiger charge is 2.49. The van der Waals surface area contributed by atoms with Crippen molar-refractivity contribution in [1.29, 1.82) is 0 Å². The quantitative estimate of drug-likeness (QED) is 0.789. The summed E-state index contributed by atoms with van der Waals surface area (Å²) in [6.45, 7) is 4.09. The molecule has 1 fully saturated rings. The van der Waals surface area contributed by atoms with Crippen LogP contribution < -0.4 is 10.2 Å². The summed E-state index contributed by atoms with van der Waals surface area (Å²) in [5.74, 6) is -0.666. The van der Waals surface area contributed by atoms with E-state index in [0.717, 1.165) is 21.9 Å². The summed E-state index contributed by atoms with van der Waals surface area (Å²) >= 11 is 1.74. The number of carbonyl (C=O) groups excluding carboxylic acids is 3. The number of amides is 4. The first-order valence-corrected chi connectivity index (χ1v) is 10.5. The van der Waals surface area contributed by atoms with E-state index in [1.165, 1.54) is 0 Å². The van der Waals surface area contributed by atoms with Gasteiger partial charge in [-0.1, -0.05) is 49.4 Å². The van der Waals surface area contributed by atoms with E-state index >= 15 is 0 Å². The monoisotopic (exact) mass is 409 g/mol. The van der Waals surface area contributed by atoms with Crippen molar-refractivity contribution in [3.05, 3.63) is 60.2 Å². The standard InChI is InChI=1S/C22H23N3O3S/c1-15-12-13-24(17-10-6-7-11-18(17)29-15)19(26)14-25-20(27)22(2,23-21(25)28)16-8-4-3-5-9-16/h3-11,15H,12-14H2,1-2H3,(H,23,28)/t15-,22+/m1/s1. The molecule has 29 heavy (non-hydrogen) atoms. The van der Waals surface area contributed by atoms with E-state index in [0.29, 0.717) is 17.4 Å². The van der Waals surface area contributed by atoms with Gasteiger partial charge in [-0.25, -0.2) is 4.79 Å². The van der Waals surface area contributed by atoms with Gasteiger partial charge in [-0.15, -0.1) is 11.8 Å². The van der Waals surface area contributed by atoms with Gasteiger partial charge in [0.15, 0.2) is 0 Å². The Labute approximate surface area is 174 Å². The topological polar surface area (TPSA) is 69.7 Å². The lowest BCUT2D eigenvalue weighted by Gasteiger charge is -2.25. The van der Waals surface area contributed by atoms with E-state index in [-0.39, 0.29) is 12.5 Å². The van der Waals surface area contributed by atoms with E-state index in [9.17, 15) is 14.4 Å². The molecule has 7 heteroatoms. The van der Waals surface area contributed by atoms with Crippen LogP contribution in [0.1, 0.15) is 25.8 Å². The van der Waals surface area contributed by atoms with Gasteiger partial charge in [0.05, 0.1) is 5.69 Å². The molecule has 1 N–H and O–H groups in total. The minimum atomic E-state index is -1.17. The van der Waals surface area contributed by atoms with Crippen LogP contribution in [-0.2, 0) is 15.1 Å². The van der Waals surface area contributed by atoms with Gasteiger partial charge < -0.3 is 10.2 Å². The summed E-state index contributed by atoms with van der Waals surface area (Å²) in [7, 11) is 0. The van der Waals surface area contributed by atoms with Crippen molar-refractivity contribution in [2.75, 3.05) is 18.0 Å². The van der Waals surface area contributed by atoms with Crippen LogP contribution in [0.25, 0.3) is 0 Å². The zero-order valence-electron chi connectivity index (χ0n) is 16.4. The molecule has 0 aromatic heterocycles. The number of para-hydroxylation sites is 1. The van der Waals surface area contributed by atoms with Crippen LogP contribution in [0.4, 0.5) is 10.5 Å². The van der Waals surface area contributed by atoms with Crippen molar-refractivity contribution in [2.24, 2.45) is 0 Å². The van der Waals surface area contributed by atoms with E-state index in [4.69, 9.17) is 0 Å². The fourth-order valence-corrected chi connectivity index (χ4v) is 4.89. The number of thioether (sulfide) groups is 1. The summed E-state index contributed by atoms with van der Waals surface area (Å²) in [4.78, 5) is 42.6. The number of carbonyl (C=O) groups is 3. The fourth-order valence-electron chi connectivity index (χ4n) is 3.77. The van der Waals surface area contributed by atoms with Gasteiger partial charge in [0.25, 0.3) is 5.91 Å². The first-order valence-electron chi connectivity index (χ1n) is 9.66. The second-order valence-electron chi connectivity index (χ2n) is 7.54. The molecule has 0 aliphatic carbocycles. The van der Waals surface area contributed by atoms with Crippen LogP contribution in [0.15, 0.2) is 59.5 Å². The Morgan fingerprint density at radius 1 is 1.14 bits per heavy atom. The lowest BCUT2D eigenvalue weighted by Crippen LogP contribution is -2.45. The molecule has 0 radical (unpaired) electrons. The molecule has 4 amide bonds. The Hall–Kier alpha value is -2.80. The molecular formula is C22H23N3O3S. The average molecular weight is 410 g/mol. The molecule has 2 aliphatic rings. The third-order valence-electron chi connectivity index (χ3n) is 5.46. The lowest BCUT2D eigenvalue weighted by molar-refractivity contribution is -0.134. The number of imide groups is 1. The first-order chi connectivity index (χ1) is 13.9. The molecule has 6 nitrogen and oxygen atoms in total. The van der Waals surface area contributed by atoms with Crippen molar-refractivity contribution in [2.45, 2.75) is 36.0 Å². The maximum atomic E-state index is 13.2. The van der Waals surface area contributed by atoms with Gasteiger partial charge in [0, 0.05) is 16.7 Å². The molecule has 0 saturated carbocycles. The number of nitrogens with zero attached hydrogens (tertiary/aromatic N) is 2. The minimum absolute atomic E-state index is 0.257. The molecule has 0 bridgehead atoms. The summed E-state index contributed by atoms with van der Waals surface area (Å²) in [5.41, 5.74) is 0.364. The second kappa shape index (κ2) is 7.55. The van der Waals surface area contributed by atoms with Crippen LogP contribution in [0.2, 0.25) is 0 Å². The predicted molar refractivity (Wildman–Crippen MR) is 113 cm³/mol. The van der Waals surface area contributed by atoms with E-state index < -0.39 is 17.5 Å². The van der Waals surface area contributed by atoms with E-state index in [1.54, 1.807) is 35.7 Å². The second-order valence-corrected chi connectivity index (χ2v) is 9.02. The molecular weight excluding hydrogens is 386 g/mol. The number of fused-ring (bicyclic) bond motifs is 1. The molecule has 0 spiro atoms. The van der Waals surface area contributed by atoms with E-state index in [2.05, 4.69) is 12.2 Å². The molecule has 0 unspecified atom stereocenters. The first kappa shape index (κ1) is 19.5. The van der Waals surface area contributed by atoms with Gasteiger partial charge in [-0.3, -0.25) is 14.5 Å². The van der Waals surface area contributed by atoms with Crippen molar-refractivity contribution >= 4 is 35.3 Å². The number of hydrogen-bond acceptors (Lipinski definition) is 4. The molecule has 2 heterocycles. The number of anilines is 1. The van der Waals surface area contributed by atoms with E-state index in [1.807, 2.05) is 42.5 Å². The predicted octanol–water partition coefficient (Wildman–Crippen LogP) is 3.37. The molecule has 1 saturated heterocycles. The summed E-state index contributed by atoms with van der Waals surface area (Å²) < 4.78 is 0. The fraction of sp³-hybridized carbons (Fsp3) is 0.318. The highest BCUT2D eigenvalue weighted by Crippen LogP contribution is 2.37. The smallest absolute Gasteiger partial charge is 0.319 e. The molecule has 150 valence electrons. The summed E-state index contributed by atoms with van der Waals surface area (Å²) in [5, 5.41) is 3.14. The van der Waals surface area contributed by atoms with Crippen molar-refractivity contribution in [1.82, 2.24) is 10.2 Å². The number of hydrogen-bond donors (Lipinski definition) is 1. The highest BCUT2D eigenvalue weighted by atomic mass is 32.2. The third kappa shape index (κ3) is 3.51. The Kier molecular flexibility index (Phi) is 5.08. The molecule has 4 rings (SSSR count). The number of rotatable bonds is 3. The van der Waals surface area contributed by atoms with Gasteiger partial charge in [0.1, 0.15) is 12.1 Å². The Morgan fingerprint density at radius 3 is 2.59 bits per heavy atom. The molecule has 2 aromatic carbocycles. The maximum absolute atomic E-state index is 13.2. The average Bonchev–Trinajstić information content (AvgIpc) is 2.85. The molecule has 2 aliphatic heterocycles. The summed E-state index contributed by atoms with van der Waals surface area (Å²) in [6.07, 6.45) is 0.840. The van der Waals surface area contributed by atoms with Crippen molar-refractivity contribution in [3.8, 4) is 0 Å². The number of nitrogens with one attached hydrogen (secondary N) is 1. The van der Waals surface area contributed by atoms with Gasteiger partial charge in [-0.05, 0) is 31.0 Å². The molecule has 2 aromatic rings. The van der Waals surface area contributed by atoms with Crippen molar-refractivity contribution < 1.29 is 14.4 Å². The van der Waals surface area contributed by atoms with Gasteiger partial charge in [-0.2, -0.15) is 0 Å². The Morgan fingerprint density at radius 2 is 1.83 bits per heavy atom. The molecule has 2 atom stereocenters. The van der Waals surface area contributed by atoms with Crippen LogP contribution >= 0.6 is 11.8 Å². The maximum Gasteiger partial charge on any atom is 0.325 e. The highest BCUT2D eigenvalue weighted by molar-refractivity contribution is 8.00. The van der Waals surface area contributed by atoms with Crippen LogP contribution in [0, 0.1) is 0 Å².